The lowest BCUT2D eigenvalue weighted by Gasteiger charge is -2.31. The van der Waals surface area contributed by atoms with Gasteiger partial charge in [-0.2, -0.15) is 4.98 Å². The number of hydrogen-bond donors (Lipinski definition) is 2. The van der Waals surface area contributed by atoms with Crippen LogP contribution in [0.15, 0.2) is 0 Å². The Kier molecular flexibility index (Phi) is 3.50. The second-order valence-electron chi connectivity index (χ2n) is 5.66. The molecule has 0 aromatic carbocycles. The van der Waals surface area contributed by atoms with E-state index in [9.17, 15) is 0 Å². The third-order valence-electron chi connectivity index (χ3n) is 4.28. The van der Waals surface area contributed by atoms with E-state index in [2.05, 4.69) is 25.4 Å². The molecule has 0 spiro atoms. The maximum Gasteiger partial charge on any atom is 0.244 e. The number of anilines is 1. The predicted octanol–water partition coefficient (Wildman–Crippen LogP) is 1.51. The second-order valence-corrected chi connectivity index (χ2v) is 5.66. The van der Waals surface area contributed by atoms with Gasteiger partial charge in [0.25, 0.3) is 0 Å². The Morgan fingerprint density at radius 3 is 2.94 bits per heavy atom. The maximum absolute atomic E-state index is 4.69. The summed E-state index contributed by atoms with van der Waals surface area (Å²) in [6, 6.07) is 0. The lowest BCUT2D eigenvalue weighted by atomic mass is 9.85. The molecule has 3 rings (SSSR count). The third kappa shape index (κ3) is 2.36. The molecule has 1 aliphatic heterocycles. The van der Waals surface area contributed by atoms with E-state index in [1.165, 1.54) is 32.1 Å². The number of nitrogens with zero attached hydrogens (tertiary/aromatic N) is 3. The van der Waals surface area contributed by atoms with Crippen LogP contribution in [-0.2, 0) is 0 Å². The Morgan fingerprint density at radius 1 is 1.33 bits per heavy atom. The summed E-state index contributed by atoms with van der Waals surface area (Å²) < 4.78 is 0. The van der Waals surface area contributed by atoms with Crippen LogP contribution in [0.5, 0.6) is 0 Å². The smallest absolute Gasteiger partial charge is 0.244 e. The first-order chi connectivity index (χ1) is 8.86. The van der Waals surface area contributed by atoms with Crippen molar-refractivity contribution in [2.24, 2.45) is 5.92 Å². The summed E-state index contributed by atoms with van der Waals surface area (Å²) in [7, 11) is 2.03. The molecule has 0 bridgehead atoms. The van der Waals surface area contributed by atoms with Crippen LogP contribution in [0, 0.1) is 5.92 Å². The number of piperidine rings is 1. The standard InChI is InChI=1S/C13H23N5/c1-14-8-10-4-3-7-18(9-10)13-15-12(16-17-13)11-5-2-6-11/h10-11,14H,2-9H2,1H3,(H,15,16,17). The number of nitrogens with one attached hydrogen (secondary N) is 2. The van der Waals surface area contributed by atoms with Crippen LogP contribution in [0.3, 0.4) is 0 Å². The van der Waals surface area contributed by atoms with Crippen LogP contribution in [0.25, 0.3) is 0 Å². The van der Waals surface area contributed by atoms with Crippen LogP contribution < -0.4 is 10.2 Å². The van der Waals surface area contributed by atoms with Gasteiger partial charge in [0.05, 0.1) is 0 Å². The SMILES string of the molecule is CNCC1CCCN(c2n[nH]c(C3CCC3)n2)C1. The highest BCUT2D eigenvalue weighted by molar-refractivity contribution is 5.30. The maximum atomic E-state index is 4.69. The largest absolute Gasteiger partial charge is 0.339 e. The Morgan fingerprint density at radius 2 is 2.22 bits per heavy atom. The quantitative estimate of drug-likeness (QED) is 0.849. The molecule has 1 saturated carbocycles. The zero-order chi connectivity index (χ0) is 12.4. The van der Waals surface area contributed by atoms with E-state index in [4.69, 9.17) is 0 Å². The monoisotopic (exact) mass is 249 g/mol. The van der Waals surface area contributed by atoms with E-state index in [0.29, 0.717) is 5.92 Å². The summed E-state index contributed by atoms with van der Waals surface area (Å²) in [6.45, 7) is 3.28. The van der Waals surface area contributed by atoms with E-state index >= 15 is 0 Å². The average Bonchev–Trinajstić information content (AvgIpc) is 2.77. The molecule has 2 aliphatic rings. The topological polar surface area (TPSA) is 56.8 Å². The summed E-state index contributed by atoms with van der Waals surface area (Å²) in [5.74, 6) is 3.39. The molecule has 1 aliphatic carbocycles. The van der Waals surface area contributed by atoms with Gasteiger partial charge in [-0.1, -0.05) is 6.42 Å². The average molecular weight is 249 g/mol. The zero-order valence-electron chi connectivity index (χ0n) is 11.2. The van der Waals surface area contributed by atoms with Gasteiger partial charge in [-0.3, -0.25) is 5.10 Å². The minimum Gasteiger partial charge on any atom is -0.339 e. The molecular weight excluding hydrogens is 226 g/mol. The molecule has 5 heteroatoms. The van der Waals surface area contributed by atoms with Crippen LogP contribution in [0.2, 0.25) is 0 Å². The predicted molar refractivity (Wildman–Crippen MR) is 71.8 cm³/mol. The lowest BCUT2D eigenvalue weighted by molar-refractivity contribution is 0.397. The van der Waals surface area contributed by atoms with E-state index in [1.807, 2.05) is 7.05 Å². The normalized spacial score (nSPS) is 25.2. The van der Waals surface area contributed by atoms with Gasteiger partial charge >= 0.3 is 0 Å². The van der Waals surface area contributed by atoms with E-state index in [0.717, 1.165) is 37.3 Å². The molecular formula is C13H23N5. The second kappa shape index (κ2) is 5.26. The summed E-state index contributed by atoms with van der Waals surface area (Å²) in [5.41, 5.74) is 0. The van der Waals surface area contributed by atoms with E-state index in [-0.39, 0.29) is 0 Å². The highest BCUT2D eigenvalue weighted by Crippen LogP contribution is 2.34. The first-order valence-corrected chi connectivity index (χ1v) is 7.18. The molecule has 2 N–H and O–H groups in total. The van der Waals surface area contributed by atoms with Crippen molar-refractivity contribution in [3.8, 4) is 0 Å². The van der Waals surface area contributed by atoms with Crippen LogP contribution in [0.1, 0.15) is 43.8 Å². The summed E-state index contributed by atoms with van der Waals surface area (Å²) in [6.07, 6.45) is 6.46. The minimum atomic E-state index is 0.643. The Labute approximate surface area is 108 Å². The van der Waals surface area contributed by atoms with Crippen LogP contribution in [0.4, 0.5) is 5.95 Å². The summed E-state index contributed by atoms with van der Waals surface area (Å²) in [5, 5.41) is 10.8. The van der Waals surface area contributed by atoms with Gasteiger partial charge in [0.15, 0.2) is 0 Å². The van der Waals surface area contributed by atoms with E-state index < -0.39 is 0 Å². The van der Waals surface area contributed by atoms with Gasteiger partial charge in [-0.25, -0.2) is 0 Å². The molecule has 2 heterocycles. The molecule has 0 radical (unpaired) electrons. The number of aromatic nitrogens is 3. The zero-order valence-corrected chi connectivity index (χ0v) is 11.2. The minimum absolute atomic E-state index is 0.643. The summed E-state index contributed by atoms with van der Waals surface area (Å²) in [4.78, 5) is 7.03. The fourth-order valence-electron chi connectivity index (χ4n) is 2.97. The Balaban J connectivity index is 1.64. The molecule has 1 aromatic heterocycles. The molecule has 5 nitrogen and oxygen atoms in total. The van der Waals surface area contributed by atoms with Gasteiger partial charge < -0.3 is 10.2 Å². The fourth-order valence-corrected chi connectivity index (χ4v) is 2.97. The molecule has 1 atom stereocenters. The number of hydrogen-bond acceptors (Lipinski definition) is 4. The van der Waals surface area contributed by atoms with Crippen molar-refractivity contribution in [1.29, 1.82) is 0 Å². The molecule has 0 amide bonds. The van der Waals surface area contributed by atoms with Crippen molar-refractivity contribution in [3.63, 3.8) is 0 Å². The van der Waals surface area contributed by atoms with Crippen molar-refractivity contribution in [3.05, 3.63) is 5.82 Å². The highest BCUT2D eigenvalue weighted by Gasteiger charge is 2.26. The summed E-state index contributed by atoms with van der Waals surface area (Å²) >= 11 is 0. The van der Waals surface area contributed by atoms with Gasteiger partial charge in [0.2, 0.25) is 5.95 Å². The molecule has 1 aromatic rings. The molecule has 1 unspecified atom stereocenters. The van der Waals surface area contributed by atoms with Crippen LogP contribution >= 0.6 is 0 Å². The van der Waals surface area contributed by atoms with Crippen molar-refractivity contribution < 1.29 is 0 Å². The molecule has 100 valence electrons. The number of aromatic amines is 1. The number of rotatable bonds is 4. The van der Waals surface area contributed by atoms with Crippen LogP contribution in [-0.4, -0.2) is 41.9 Å². The van der Waals surface area contributed by atoms with Crippen molar-refractivity contribution in [1.82, 2.24) is 20.5 Å². The first kappa shape index (κ1) is 12.0. The fraction of sp³-hybridized carbons (Fsp3) is 0.846. The first-order valence-electron chi connectivity index (χ1n) is 7.18. The van der Waals surface area contributed by atoms with Gasteiger partial charge in [-0.15, -0.1) is 5.10 Å². The van der Waals surface area contributed by atoms with Gasteiger partial charge in [0, 0.05) is 19.0 Å². The molecule has 18 heavy (non-hydrogen) atoms. The van der Waals surface area contributed by atoms with Gasteiger partial charge in [0.1, 0.15) is 5.82 Å². The van der Waals surface area contributed by atoms with E-state index in [1.54, 1.807) is 0 Å². The van der Waals surface area contributed by atoms with Crippen molar-refractivity contribution >= 4 is 5.95 Å². The van der Waals surface area contributed by atoms with Crippen molar-refractivity contribution in [2.45, 2.75) is 38.0 Å². The third-order valence-corrected chi connectivity index (χ3v) is 4.28. The van der Waals surface area contributed by atoms with Gasteiger partial charge in [-0.05, 0) is 45.2 Å². The lowest BCUT2D eigenvalue weighted by Crippen LogP contribution is -2.39. The van der Waals surface area contributed by atoms with Crippen molar-refractivity contribution in [2.75, 3.05) is 31.6 Å². The molecule has 1 saturated heterocycles. The Hall–Kier alpha value is -1.10. The Bertz CT molecular complexity index is 382. The number of H-pyrrole nitrogens is 1. The highest BCUT2D eigenvalue weighted by atomic mass is 15.4. The molecule has 2 fully saturated rings.